The van der Waals surface area contributed by atoms with Crippen molar-refractivity contribution in [3.63, 3.8) is 0 Å². The van der Waals surface area contributed by atoms with Gasteiger partial charge in [-0.3, -0.25) is 4.79 Å². The van der Waals surface area contributed by atoms with Gasteiger partial charge in [0.15, 0.2) is 4.80 Å². The third-order valence-corrected chi connectivity index (χ3v) is 5.34. The molecular formula is C17H16N2O3S2. The molecule has 0 unspecified atom stereocenters. The van der Waals surface area contributed by atoms with Gasteiger partial charge < -0.3 is 9.30 Å². The smallest absolute Gasteiger partial charge is 0.338 e. The van der Waals surface area contributed by atoms with Crippen molar-refractivity contribution >= 4 is 44.8 Å². The van der Waals surface area contributed by atoms with Gasteiger partial charge in [0.25, 0.3) is 5.91 Å². The van der Waals surface area contributed by atoms with Crippen LogP contribution in [0.3, 0.4) is 0 Å². The molecule has 0 saturated heterocycles. The molecule has 1 aromatic carbocycles. The van der Waals surface area contributed by atoms with Gasteiger partial charge in [-0.25, -0.2) is 4.79 Å². The summed E-state index contributed by atoms with van der Waals surface area (Å²) in [5.74, 6) is -0.589. The number of amides is 1. The summed E-state index contributed by atoms with van der Waals surface area (Å²) in [5, 5.41) is 1.85. The standard InChI is InChI=1S/C17H16N2O3S2/c1-3-19-12-8-7-11(16(21)22-4-2)10-14(12)24-17(19)18-15(20)13-6-5-9-23-13/h5-10H,3-4H2,1-2H3. The molecule has 0 aliphatic rings. The van der Waals surface area contributed by atoms with E-state index >= 15 is 0 Å². The number of carbonyl (C=O) groups excluding carboxylic acids is 2. The minimum Gasteiger partial charge on any atom is -0.462 e. The number of hydrogen-bond donors (Lipinski definition) is 0. The Bertz CT molecular complexity index is 952. The lowest BCUT2D eigenvalue weighted by Gasteiger charge is -2.03. The number of benzene rings is 1. The highest BCUT2D eigenvalue weighted by molar-refractivity contribution is 7.16. The summed E-state index contributed by atoms with van der Waals surface area (Å²) in [4.78, 5) is 29.6. The van der Waals surface area contributed by atoms with E-state index in [-0.39, 0.29) is 11.9 Å². The molecule has 1 amide bonds. The highest BCUT2D eigenvalue weighted by Gasteiger charge is 2.12. The molecule has 0 radical (unpaired) electrons. The molecule has 0 N–H and O–H groups in total. The average Bonchev–Trinajstić information content (AvgIpc) is 3.21. The van der Waals surface area contributed by atoms with E-state index in [9.17, 15) is 9.59 Å². The fourth-order valence-corrected chi connectivity index (χ4v) is 4.09. The lowest BCUT2D eigenvalue weighted by atomic mass is 10.2. The van der Waals surface area contributed by atoms with Crippen LogP contribution in [0.15, 0.2) is 40.7 Å². The third kappa shape index (κ3) is 3.18. The molecule has 0 aliphatic carbocycles. The molecule has 124 valence electrons. The molecule has 0 atom stereocenters. The van der Waals surface area contributed by atoms with E-state index in [0.29, 0.717) is 28.4 Å². The number of thiazole rings is 1. The van der Waals surface area contributed by atoms with Gasteiger partial charge in [0.05, 0.1) is 27.3 Å². The molecule has 0 spiro atoms. The van der Waals surface area contributed by atoms with Gasteiger partial charge in [-0.15, -0.1) is 11.3 Å². The van der Waals surface area contributed by atoms with Crippen molar-refractivity contribution in [1.29, 1.82) is 0 Å². The monoisotopic (exact) mass is 360 g/mol. The van der Waals surface area contributed by atoms with Gasteiger partial charge in [0.2, 0.25) is 0 Å². The fourth-order valence-electron chi connectivity index (χ4n) is 2.35. The van der Waals surface area contributed by atoms with Crippen LogP contribution in [0, 0.1) is 0 Å². The molecule has 0 bridgehead atoms. The summed E-state index contributed by atoms with van der Waals surface area (Å²) < 4.78 is 7.91. The highest BCUT2D eigenvalue weighted by Crippen LogP contribution is 2.20. The molecule has 7 heteroatoms. The van der Waals surface area contributed by atoms with Gasteiger partial charge >= 0.3 is 5.97 Å². The van der Waals surface area contributed by atoms with Gasteiger partial charge in [-0.2, -0.15) is 4.99 Å². The van der Waals surface area contributed by atoms with Gasteiger partial charge in [0, 0.05) is 6.54 Å². The summed E-state index contributed by atoms with van der Waals surface area (Å²) in [5.41, 5.74) is 1.46. The van der Waals surface area contributed by atoms with Crippen LogP contribution in [0.5, 0.6) is 0 Å². The third-order valence-electron chi connectivity index (χ3n) is 3.44. The largest absolute Gasteiger partial charge is 0.462 e. The zero-order valence-electron chi connectivity index (χ0n) is 13.3. The van der Waals surface area contributed by atoms with E-state index in [1.807, 2.05) is 29.0 Å². The normalized spacial score (nSPS) is 11.8. The Labute approximate surface area is 146 Å². The number of aromatic nitrogens is 1. The number of fused-ring (bicyclic) bond motifs is 1. The Morgan fingerprint density at radius 3 is 2.75 bits per heavy atom. The number of thiophene rings is 1. The predicted molar refractivity (Wildman–Crippen MR) is 95.7 cm³/mol. The zero-order chi connectivity index (χ0) is 17.1. The van der Waals surface area contributed by atoms with Crippen LogP contribution in [0.2, 0.25) is 0 Å². The molecular weight excluding hydrogens is 344 g/mol. The first kappa shape index (κ1) is 16.6. The summed E-state index contributed by atoms with van der Waals surface area (Å²) >= 11 is 2.77. The van der Waals surface area contributed by atoms with E-state index in [1.165, 1.54) is 22.7 Å². The molecule has 0 fully saturated rings. The Kier molecular flexibility index (Phi) is 4.92. The summed E-state index contributed by atoms with van der Waals surface area (Å²) in [6.07, 6.45) is 0. The van der Waals surface area contributed by atoms with Crippen molar-refractivity contribution in [3.8, 4) is 0 Å². The SMILES string of the molecule is CCOC(=O)c1ccc2c(c1)sc(=NC(=O)c1cccs1)n2CC. The van der Waals surface area contributed by atoms with Crippen molar-refractivity contribution in [2.75, 3.05) is 6.61 Å². The minimum absolute atomic E-state index is 0.246. The zero-order valence-corrected chi connectivity index (χ0v) is 14.9. The average molecular weight is 360 g/mol. The predicted octanol–water partition coefficient (Wildman–Crippen LogP) is 3.70. The first-order chi connectivity index (χ1) is 11.6. The van der Waals surface area contributed by atoms with E-state index in [4.69, 9.17) is 4.74 Å². The van der Waals surface area contributed by atoms with Gasteiger partial charge in [0.1, 0.15) is 0 Å². The molecule has 5 nitrogen and oxygen atoms in total. The second kappa shape index (κ2) is 7.11. The van der Waals surface area contributed by atoms with Crippen LogP contribution in [-0.2, 0) is 11.3 Å². The summed E-state index contributed by atoms with van der Waals surface area (Å²) in [6.45, 7) is 4.81. The van der Waals surface area contributed by atoms with Crippen LogP contribution in [0.4, 0.5) is 0 Å². The second-order valence-corrected chi connectivity index (χ2v) is 6.88. The van der Waals surface area contributed by atoms with Crippen molar-refractivity contribution in [2.24, 2.45) is 4.99 Å². The number of esters is 1. The maximum absolute atomic E-state index is 12.2. The lowest BCUT2D eigenvalue weighted by molar-refractivity contribution is 0.0526. The molecule has 2 aromatic heterocycles. The molecule has 2 heterocycles. The Morgan fingerprint density at radius 1 is 1.25 bits per heavy atom. The number of ether oxygens (including phenoxy) is 1. The molecule has 3 rings (SSSR count). The molecule has 0 aliphatic heterocycles. The molecule has 24 heavy (non-hydrogen) atoms. The van der Waals surface area contributed by atoms with Crippen LogP contribution in [0.1, 0.15) is 33.9 Å². The van der Waals surface area contributed by atoms with Gasteiger partial charge in [-0.1, -0.05) is 17.4 Å². The number of carbonyl (C=O) groups is 2. The Hall–Kier alpha value is -2.25. The van der Waals surface area contributed by atoms with Crippen molar-refractivity contribution in [2.45, 2.75) is 20.4 Å². The van der Waals surface area contributed by atoms with Crippen LogP contribution < -0.4 is 4.80 Å². The lowest BCUT2D eigenvalue weighted by Crippen LogP contribution is -2.15. The maximum Gasteiger partial charge on any atom is 0.338 e. The first-order valence-electron chi connectivity index (χ1n) is 7.57. The Balaban J connectivity index is 2.08. The first-order valence-corrected chi connectivity index (χ1v) is 9.26. The molecule has 0 saturated carbocycles. The quantitative estimate of drug-likeness (QED) is 0.667. The van der Waals surface area contributed by atoms with Crippen LogP contribution in [-0.4, -0.2) is 23.1 Å². The van der Waals surface area contributed by atoms with Crippen molar-refractivity contribution in [3.05, 3.63) is 51.0 Å². The number of nitrogens with zero attached hydrogens (tertiary/aromatic N) is 2. The van der Waals surface area contributed by atoms with E-state index in [0.717, 1.165) is 10.2 Å². The van der Waals surface area contributed by atoms with Crippen LogP contribution >= 0.6 is 22.7 Å². The Morgan fingerprint density at radius 2 is 2.08 bits per heavy atom. The van der Waals surface area contributed by atoms with Crippen molar-refractivity contribution in [1.82, 2.24) is 4.57 Å². The van der Waals surface area contributed by atoms with Crippen LogP contribution in [0.25, 0.3) is 10.2 Å². The minimum atomic E-state index is -0.344. The number of hydrogen-bond acceptors (Lipinski definition) is 5. The summed E-state index contributed by atoms with van der Waals surface area (Å²) in [7, 11) is 0. The van der Waals surface area contributed by atoms with E-state index < -0.39 is 0 Å². The van der Waals surface area contributed by atoms with E-state index in [1.54, 1.807) is 25.1 Å². The van der Waals surface area contributed by atoms with Crippen molar-refractivity contribution < 1.29 is 14.3 Å². The van der Waals surface area contributed by atoms with E-state index in [2.05, 4.69) is 4.99 Å². The summed E-state index contributed by atoms with van der Waals surface area (Å²) in [6, 6.07) is 9.00. The fraction of sp³-hybridized carbons (Fsp3) is 0.235. The number of aryl methyl sites for hydroxylation is 1. The maximum atomic E-state index is 12.2. The van der Waals surface area contributed by atoms with Gasteiger partial charge in [-0.05, 0) is 43.5 Å². The second-order valence-electron chi connectivity index (χ2n) is 4.93. The highest BCUT2D eigenvalue weighted by atomic mass is 32.1. The molecule has 3 aromatic rings. The number of rotatable bonds is 4. The topological polar surface area (TPSA) is 60.7 Å².